The van der Waals surface area contributed by atoms with Gasteiger partial charge in [0.25, 0.3) is 0 Å². The van der Waals surface area contributed by atoms with Crippen molar-refractivity contribution in [3.05, 3.63) is 29.8 Å². The summed E-state index contributed by atoms with van der Waals surface area (Å²) in [4.78, 5) is 41.8. The number of nitrogens with zero attached hydrogens (tertiary/aromatic N) is 3. The zero-order chi connectivity index (χ0) is 23.2. The molecule has 3 fully saturated rings. The normalized spacial score (nSPS) is 21.6. The molecule has 3 aliphatic rings. The quantitative estimate of drug-likeness (QED) is 0.453. The topological polar surface area (TPSA) is 90.4 Å². The first-order chi connectivity index (χ1) is 16.0. The molecule has 0 aromatic heterocycles. The molecule has 0 bridgehead atoms. The van der Waals surface area contributed by atoms with E-state index < -0.39 is 6.09 Å². The first-order valence-corrected chi connectivity index (χ1v) is 12.3. The van der Waals surface area contributed by atoms with Crippen LogP contribution in [0.4, 0.5) is 4.79 Å². The number of benzene rings is 1. The van der Waals surface area contributed by atoms with Crippen LogP contribution in [0.1, 0.15) is 55.3 Å². The van der Waals surface area contributed by atoms with Gasteiger partial charge in [-0.15, -0.1) is 0 Å². The second kappa shape index (κ2) is 11.0. The lowest BCUT2D eigenvalue weighted by molar-refractivity contribution is -0.132. The second-order valence-electron chi connectivity index (χ2n) is 9.42. The number of carbonyl (C=O) groups is 3. The van der Waals surface area contributed by atoms with Gasteiger partial charge >= 0.3 is 6.09 Å². The monoisotopic (exact) mass is 457 g/mol. The molecule has 0 unspecified atom stereocenters. The molecule has 1 aliphatic carbocycles. The number of carbonyl (C=O) groups excluding carboxylic acids is 2. The van der Waals surface area contributed by atoms with Gasteiger partial charge in [0.1, 0.15) is 5.75 Å². The summed E-state index contributed by atoms with van der Waals surface area (Å²) in [6.45, 7) is 5.26. The Hall–Kier alpha value is -2.61. The summed E-state index contributed by atoms with van der Waals surface area (Å²) in [7, 11) is 0. The van der Waals surface area contributed by atoms with Gasteiger partial charge in [-0.25, -0.2) is 4.79 Å². The largest absolute Gasteiger partial charge is 0.494 e. The predicted molar refractivity (Wildman–Crippen MR) is 124 cm³/mol. The number of hydrogen-bond acceptors (Lipinski definition) is 5. The van der Waals surface area contributed by atoms with Gasteiger partial charge in [0.2, 0.25) is 5.91 Å². The molecule has 180 valence electrons. The number of carboxylic acid groups (broad SMARTS) is 1. The lowest BCUT2D eigenvalue weighted by atomic mass is 10.1. The van der Waals surface area contributed by atoms with Crippen LogP contribution in [0.2, 0.25) is 0 Å². The van der Waals surface area contributed by atoms with Crippen LogP contribution in [0.3, 0.4) is 0 Å². The molecule has 0 spiro atoms. The van der Waals surface area contributed by atoms with Crippen molar-refractivity contribution < 1.29 is 24.2 Å². The Bertz CT molecular complexity index is 839. The molecule has 2 amide bonds. The lowest BCUT2D eigenvalue weighted by Gasteiger charge is -2.26. The van der Waals surface area contributed by atoms with E-state index >= 15 is 0 Å². The van der Waals surface area contributed by atoms with Crippen LogP contribution in [-0.4, -0.2) is 89.5 Å². The highest BCUT2D eigenvalue weighted by molar-refractivity contribution is 5.99. The molecular weight excluding hydrogens is 422 g/mol. The highest BCUT2D eigenvalue weighted by atomic mass is 16.5. The zero-order valence-corrected chi connectivity index (χ0v) is 19.3. The van der Waals surface area contributed by atoms with E-state index in [0.717, 1.165) is 76.0 Å². The summed E-state index contributed by atoms with van der Waals surface area (Å²) in [5, 5.41) is 9.29. The highest BCUT2D eigenvalue weighted by Gasteiger charge is 2.32. The van der Waals surface area contributed by atoms with E-state index in [0.29, 0.717) is 26.1 Å². The van der Waals surface area contributed by atoms with Crippen molar-refractivity contribution in [1.29, 1.82) is 0 Å². The van der Waals surface area contributed by atoms with Gasteiger partial charge < -0.3 is 24.5 Å². The number of hydrogen-bond donors (Lipinski definition) is 1. The second-order valence-corrected chi connectivity index (χ2v) is 9.42. The first-order valence-electron chi connectivity index (χ1n) is 12.3. The average Bonchev–Trinajstić information content (AvgIpc) is 3.60. The van der Waals surface area contributed by atoms with E-state index in [-0.39, 0.29) is 23.7 Å². The first kappa shape index (κ1) is 23.5. The number of amides is 2. The number of ether oxygens (including phenoxy) is 1. The molecule has 2 aliphatic heterocycles. The van der Waals surface area contributed by atoms with Gasteiger partial charge in [0.05, 0.1) is 6.61 Å². The molecule has 1 atom stereocenters. The summed E-state index contributed by atoms with van der Waals surface area (Å²) in [6.07, 6.45) is 4.85. The molecular formula is C25H35N3O5. The van der Waals surface area contributed by atoms with Crippen LogP contribution in [0.25, 0.3) is 0 Å². The standard InChI is InChI=1S/C25H35N3O5/c29-23(18-21-4-1-14-28(21)25(31)32)27-13-2-11-26(15-16-27)12-3-17-33-22-9-7-20(8-10-22)24(30)19-5-6-19/h7-10,19,21H,1-6,11-18H2,(H,31,32)/t21-/m0/s1. The molecule has 33 heavy (non-hydrogen) atoms. The third-order valence-corrected chi connectivity index (χ3v) is 6.95. The van der Waals surface area contributed by atoms with Crippen molar-refractivity contribution in [2.75, 3.05) is 45.9 Å². The molecule has 1 saturated carbocycles. The Morgan fingerprint density at radius 1 is 0.939 bits per heavy atom. The van der Waals surface area contributed by atoms with Gasteiger partial charge in [-0.05, 0) is 69.3 Å². The summed E-state index contributed by atoms with van der Waals surface area (Å²) in [5.74, 6) is 1.34. The lowest BCUT2D eigenvalue weighted by Crippen LogP contribution is -2.41. The average molecular weight is 458 g/mol. The van der Waals surface area contributed by atoms with E-state index in [1.54, 1.807) is 0 Å². The van der Waals surface area contributed by atoms with Crippen molar-refractivity contribution in [2.45, 2.75) is 51.0 Å². The maximum Gasteiger partial charge on any atom is 0.407 e. The van der Waals surface area contributed by atoms with Crippen molar-refractivity contribution >= 4 is 17.8 Å². The van der Waals surface area contributed by atoms with Gasteiger partial charge in [-0.1, -0.05) is 0 Å². The molecule has 4 rings (SSSR count). The maximum atomic E-state index is 12.8. The minimum absolute atomic E-state index is 0.0712. The van der Waals surface area contributed by atoms with Crippen LogP contribution in [0.5, 0.6) is 5.75 Å². The molecule has 2 saturated heterocycles. The Balaban J connectivity index is 1.14. The molecule has 8 nitrogen and oxygen atoms in total. The Kier molecular flexibility index (Phi) is 7.85. The van der Waals surface area contributed by atoms with E-state index in [4.69, 9.17) is 4.74 Å². The minimum atomic E-state index is -0.919. The summed E-state index contributed by atoms with van der Waals surface area (Å²) in [5.41, 5.74) is 0.775. The van der Waals surface area contributed by atoms with Gasteiger partial charge in [-0.3, -0.25) is 9.59 Å². The number of rotatable bonds is 9. The van der Waals surface area contributed by atoms with E-state index in [9.17, 15) is 19.5 Å². The van der Waals surface area contributed by atoms with Crippen molar-refractivity contribution in [2.24, 2.45) is 5.92 Å². The van der Waals surface area contributed by atoms with Crippen LogP contribution < -0.4 is 4.74 Å². The fraction of sp³-hybridized carbons (Fsp3) is 0.640. The van der Waals surface area contributed by atoms with Crippen molar-refractivity contribution in [3.8, 4) is 5.75 Å². The Labute approximate surface area is 195 Å². The van der Waals surface area contributed by atoms with Gasteiger partial charge in [0, 0.05) is 56.7 Å². The number of ketones is 1. The van der Waals surface area contributed by atoms with Crippen molar-refractivity contribution in [1.82, 2.24) is 14.7 Å². The minimum Gasteiger partial charge on any atom is -0.494 e. The van der Waals surface area contributed by atoms with E-state index in [1.807, 2.05) is 29.2 Å². The molecule has 1 N–H and O–H groups in total. The SMILES string of the molecule is O=C(c1ccc(OCCCN2CCCN(C(=O)C[C@@H]3CCCN3C(=O)O)CC2)cc1)C1CC1. The van der Waals surface area contributed by atoms with Crippen LogP contribution >= 0.6 is 0 Å². The van der Waals surface area contributed by atoms with Gasteiger partial charge in [-0.2, -0.15) is 0 Å². The summed E-state index contributed by atoms with van der Waals surface area (Å²) in [6, 6.07) is 7.30. The summed E-state index contributed by atoms with van der Waals surface area (Å²) < 4.78 is 5.85. The Morgan fingerprint density at radius 3 is 2.45 bits per heavy atom. The fourth-order valence-corrected chi connectivity index (χ4v) is 4.85. The molecule has 0 radical (unpaired) electrons. The van der Waals surface area contributed by atoms with Gasteiger partial charge in [0.15, 0.2) is 5.78 Å². The smallest absolute Gasteiger partial charge is 0.407 e. The molecule has 8 heteroatoms. The zero-order valence-electron chi connectivity index (χ0n) is 19.3. The van der Waals surface area contributed by atoms with Crippen LogP contribution in [0, 0.1) is 5.92 Å². The molecule has 1 aromatic carbocycles. The summed E-state index contributed by atoms with van der Waals surface area (Å²) >= 11 is 0. The third kappa shape index (κ3) is 6.47. The van der Waals surface area contributed by atoms with Crippen LogP contribution in [0.15, 0.2) is 24.3 Å². The highest BCUT2D eigenvalue weighted by Crippen LogP contribution is 2.32. The maximum absolute atomic E-state index is 12.8. The van der Waals surface area contributed by atoms with Crippen molar-refractivity contribution in [3.63, 3.8) is 0 Å². The molecule has 1 aromatic rings. The number of likely N-dealkylation sites (tertiary alicyclic amines) is 1. The van der Waals surface area contributed by atoms with Crippen LogP contribution in [-0.2, 0) is 4.79 Å². The third-order valence-electron chi connectivity index (χ3n) is 6.95. The number of Topliss-reactive ketones (excluding diaryl/α,β-unsaturated/α-hetero) is 1. The predicted octanol–water partition coefficient (Wildman–Crippen LogP) is 3.12. The van der Waals surface area contributed by atoms with E-state index in [2.05, 4.69) is 4.90 Å². The van der Waals surface area contributed by atoms with E-state index in [1.165, 1.54) is 4.90 Å². The molecule has 2 heterocycles. The fourth-order valence-electron chi connectivity index (χ4n) is 4.85. The Morgan fingerprint density at radius 2 is 1.73 bits per heavy atom.